The summed E-state index contributed by atoms with van der Waals surface area (Å²) in [7, 11) is 0. The summed E-state index contributed by atoms with van der Waals surface area (Å²) in [5, 5.41) is 6.55. The number of thiocarbonyl (C=S) groups is 1. The molecule has 0 unspecified atom stereocenters. The summed E-state index contributed by atoms with van der Waals surface area (Å²) < 4.78 is 18.2. The average Bonchev–Trinajstić information content (AvgIpc) is 2.71. The Bertz CT molecular complexity index is 762. The zero-order valence-corrected chi connectivity index (χ0v) is 17.0. The molecule has 2 aromatic rings. The Kier molecular flexibility index (Phi) is 8.84. The number of anilines is 1. The van der Waals surface area contributed by atoms with Crippen LogP contribution >= 0.6 is 12.2 Å². The molecular formula is C21H26FN3O2S. The SMILES string of the molecule is CCN(CC)CCOC(=O)c1ccc(NC(=S)NCc2ccc(F)cc2)cc1. The maximum Gasteiger partial charge on any atom is 0.338 e. The lowest BCUT2D eigenvalue weighted by atomic mass is 10.2. The van der Waals surface area contributed by atoms with Gasteiger partial charge >= 0.3 is 5.97 Å². The summed E-state index contributed by atoms with van der Waals surface area (Å²) in [6, 6.07) is 13.2. The van der Waals surface area contributed by atoms with Crippen molar-refractivity contribution in [3.05, 3.63) is 65.5 Å². The number of hydrogen-bond donors (Lipinski definition) is 2. The van der Waals surface area contributed by atoms with E-state index in [1.165, 1.54) is 12.1 Å². The van der Waals surface area contributed by atoms with E-state index in [9.17, 15) is 9.18 Å². The number of nitrogens with one attached hydrogen (secondary N) is 2. The second-order valence-electron chi connectivity index (χ2n) is 6.17. The Morgan fingerprint density at radius 2 is 1.71 bits per heavy atom. The van der Waals surface area contributed by atoms with Crippen LogP contribution in [0.25, 0.3) is 0 Å². The highest BCUT2D eigenvalue weighted by Crippen LogP contribution is 2.11. The zero-order chi connectivity index (χ0) is 20.4. The number of rotatable bonds is 9. The van der Waals surface area contributed by atoms with Gasteiger partial charge in [0.05, 0.1) is 5.56 Å². The Morgan fingerprint density at radius 3 is 2.32 bits per heavy atom. The van der Waals surface area contributed by atoms with Gasteiger partial charge in [-0.2, -0.15) is 0 Å². The van der Waals surface area contributed by atoms with Crippen LogP contribution in [0.4, 0.5) is 10.1 Å². The molecule has 7 heteroatoms. The molecule has 0 heterocycles. The summed E-state index contributed by atoms with van der Waals surface area (Å²) >= 11 is 5.26. The third-order valence-electron chi connectivity index (χ3n) is 4.28. The third-order valence-corrected chi connectivity index (χ3v) is 4.53. The molecule has 0 aliphatic carbocycles. The second kappa shape index (κ2) is 11.4. The van der Waals surface area contributed by atoms with E-state index in [0.29, 0.717) is 23.8 Å². The van der Waals surface area contributed by atoms with Gasteiger partial charge in [-0.15, -0.1) is 0 Å². The van der Waals surface area contributed by atoms with Crippen molar-refractivity contribution in [2.24, 2.45) is 0 Å². The number of carbonyl (C=O) groups excluding carboxylic acids is 1. The zero-order valence-electron chi connectivity index (χ0n) is 16.2. The highest BCUT2D eigenvalue weighted by Gasteiger charge is 2.08. The fraction of sp³-hybridized carbons (Fsp3) is 0.333. The molecule has 2 aromatic carbocycles. The highest BCUT2D eigenvalue weighted by molar-refractivity contribution is 7.80. The minimum Gasteiger partial charge on any atom is -0.461 e. The first-order chi connectivity index (χ1) is 13.5. The lowest BCUT2D eigenvalue weighted by Gasteiger charge is -2.17. The lowest BCUT2D eigenvalue weighted by molar-refractivity contribution is 0.0466. The molecule has 28 heavy (non-hydrogen) atoms. The van der Waals surface area contributed by atoms with Gasteiger partial charge in [-0.25, -0.2) is 9.18 Å². The second-order valence-corrected chi connectivity index (χ2v) is 6.58. The fourth-order valence-electron chi connectivity index (χ4n) is 2.54. The number of halogens is 1. The Balaban J connectivity index is 1.77. The summed E-state index contributed by atoms with van der Waals surface area (Å²) in [6.07, 6.45) is 0. The van der Waals surface area contributed by atoms with Crippen LogP contribution in [0, 0.1) is 5.82 Å². The molecule has 0 amide bonds. The normalized spacial score (nSPS) is 10.6. The first kappa shape index (κ1) is 21.8. The number of benzene rings is 2. The third kappa shape index (κ3) is 7.25. The number of carbonyl (C=O) groups is 1. The van der Waals surface area contributed by atoms with Gasteiger partial charge in [0, 0.05) is 18.8 Å². The summed E-state index contributed by atoms with van der Waals surface area (Å²) in [5.74, 6) is -0.605. The number of hydrogen-bond acceptors (Lipinski definition) is 4. The van der Waals surface area contributed by atoms with E-state index in [4.69, 9.17) is 17.0 Å². The molecule has 0 fully saturated rings. The Morgan fingerprint density at radius 1 is 1.07 bits per heavy atom. The molecule has 2 rings (SSSR count). The molecule has 0 radical (unpaired) electrons. The molecule has 0 spiro atoms. The van der Waals surface area contributed by atoms with Crippen LogP contribution in [0.5, 0.6) is 0 Å². The first-order valence-corrected chi connectivity index (χ1v) is 9.71. The standard InChI is InChI=1S/C21H26FN3O2S/c1-3-25(4-2)13-14-27-20(26)17-7-11-19(12-8-17)24-21(28)23-15-16-5-9-18(22)10-6-16/h5-12H,3-4,13-15H2,1-2H3,(H2,23,24,28). The van der Waals surface area contributed by atoms with Crippen LogP contribution in [0.1, 0.15) is 29.8 Å². The van der Waals surface area contributed by atoms with Gasteiger partial charge in [-0.3, -0.25) is 0 Å². The van der Waals surface area contributed by atoms with E-state index in [-0.39, 0.29) is 11.8 Å². The van der Waals surface area contributed by atoms with E-state index in [0.717, 1.165) is 30.9 Å². The quantitative estimate of drug-likeness (QED) is 0.491. The van der Waals surface area contributed by atoms with Crippen molar-refractivity contribution in [1.29, 1.82) is 0 Å². The molecule has 2 N–H and O–H groups in total. The predicted molar refractivity (Wildman–Crippen MR) is 114 cm³/mol. The molecule has 0 bridgehead atoms. The largest absolute Gasteiger partial charge is 0.461 e. The van der Waals surface area contributed by atoms with Crippen molar-refractivity contribution in [2.75, 3.05) is 31.6 Å². The van der Waals surface area contributed by atoms with Gasteiger partial charge in [0.15, 0.2) is 5.11 Å². The topological polar surface area (TPSA) is 53.6 Å². The van der Waals surface area contributed by atoms with Crippen molar-refractivity contribution >= 4 is 29.0 Å². The monoisotopic (exact) mass is 403 g/mol. The van der Waals surface area contributed by atoms with Crippen molar-refractivity contribution in [3.8, 4) is 0 Å². The Labute approximate surface area is 170 Å². The predicted octanol–water partition coefficient (Wildman–Crippen LogP) is 3.81. The lowest BCUT2D eigenvalue weighted by Crippen LogP contribution is -2.28. The molecule has 0 saturated heterocycles. The summed E-state index contributed by atoms with van der Waals surface area (Å²) in [4.78, 5) is 14.3. The van der Waals surface area contributed by atoms with E-state index in [2.05, 4.69) is 29.4 Å². The summed E-state index contributed by atoms with van der Waals surface area (Å²) in [5.41, 5.74) is 2.18. The van der Waals surface area contributed by atoms with Gasteiger partial charge in [0.25, 0.3) is 0 Å². The summed E-state index contributed by atoms with van der Waals surface area (Å²) in [6.45, 7) is 7.62. The van der Waals surface area contributed by atoms with E-state index < -0.39 is 0 Å². The molecule has 0 aliphatic rings. The van der Waals surface area contributed by atoms with Crippen molar-refractivity contribution in [2.45, 2.75) is 20.4 Å². The fourth-order valence-corrected chi connectivity index (χ4v) is 2.73. The molecule has 0 aromatic heterocycles. The van der Waals surface area contributed by atoms with Crippen molar-refractivity contribution in [3.63, 3.8) is 0 Å². The molecule has 5 nitrogen and oxygen atoms in total. The van der Waals surface area contributed by atoms with E-state index in [1.54, 1.807) is 36.4 Å². The van der Waals surface area contributed by atoms with E-state index in [1.807, 2.05) is 0 Å². The molecular weight excluding hydrogens is 377 g/mol. The maximum atomic E-state index is 12.9. The number of likely N-dealkylation sites (N-methyl/N-ethyl adjacent to an activating group) is 1. The number of esters is 1. The van der Waals surface area contributed by atoms with Gasteiger partial charge in [-0.1, -0.05) is 26.0 Å². The van der Waals surface area contributed by atoms with Crippen LogP contribution in [-0.4, -0.2) is 42.2 Å². The van der Waals surface area contributed by atoms with Crippen LogP contribution in [0.2, 0.25) is 0 Å². The van der Waals surface area contributed by atoms with Gasteiger partial charge < -0.3 is 20.3 Å². The maximum absolute atomic E-state index is 12.9. The molecule has 150 valence electrons. The van der Waals surface area contributed by atoms with Crippen LogP contribution in [0.3, 0.4) is 0 Å². The van der Waals surface area contributed by atoms with Gasteiger partial charge in [0.1, 0.15) is 12.4 Å². The number of ether oxygens (including phenoxy) is 1. The smallest absolute Gasteiger partial charge is 0.338 e. The minimum absolute atomic E-state index is 0.267. The first-order valence-electron chi connectivity index (χ1n) is 9.30. The van der Waals surface area contributed by atoms with Crippen LogP contribution < -0.4 is 10.6 Å². The molecule has 0 aliphatic heterocycles. The van der Waals surface area contributed by atoms with Crippen LogP contribution in [0.15, 0.2) is 48.5 Å². The molecule has 0 saturated carbocycles. The van der Waals surface area contributed by atoms with Gasteiger partial charge in [0.2, 0.25) is 0 Å². The van der Waals surface area contributed by atoms with Crippen molar-refractivity contribution in [1.82, 2.24) is 10.2 Å². The minimum atomic E-state index is -0.337. The van der Waals surface area contributed by atoms with Crippen molar-refractivity contribution < 1.29 is 13.9 Å². The number of nitrogens with zero attached hydrogens (tertiary/aromatic N) is 1. The highest BCUT2D eigenvalue weighted by atomic mass is 32.1. The Hall–Kier alpha value is -2.51. The van der Waals surface area contributed by atoms with Gasteiger partial charge in [-0.05, 0) is 67.3 Å². The molecule has 0 atom stereocenters. The van der Waals surface area contributed by atoms with Crippen LogP contribution in [-0.2, 0) is 11.3 Å². The average molecular weight is 404 g/mol. The van der Waals surface area contributed by atoms with E-state index >= 15 is 0 Å².